The van der Waals surface area contributed by atoms with Crippen LogP contribution in [0.3, 0.4) is 0 Å². The third kappa shape index (κ3) is 4.19. The minimum atomic E-state index is -0.337. The summed E-state index contributed by atoms with van der Waals surface area (Å²) in [5, 5.41) is 5.48. The number of rotatable bonds is 5. The summed E-state index contributed by atoms with van der Waals surface area (Å²) in [5.74, 6) is 0.537. The molecule has 0 aliphatic carbocycles. The molecule has 4 rings (SSSR count). The molecule has 2 aromatic carbocycles. The van der Waals surface area contributed by atoms with E-state index < -0.39 is 0 Å². The highest BCUT2D eigenvalue weighted by Gasteiger charge is 2.17. The zero-order valence-corrected chi connectivity index (χ0v) is 15.6. The van der Waals surface area contributed by atoms with Gasteiger partial charge in [0.2, 0.25) is 12.7 Å². The first kappa shape index (κ1) is 18.2. The molecule has 1 fully saturated rings. The molecule has 0 spiro atoms. The summed E-state index contributed by atoms with van der Waals surface area (Å²) < 4.78 is 10.5. The second-order valence-electron chi connectivity index (χ2n) is 6.90. The maximum Gasteiger partial charge on any atom is 0.251 e. The Balaban J connectivity index is 1.31. The van der Waals surface area contributed by atoms with Crippen molar-refractivity contribution < 1.29 is 19.1 Å². The van der Waals surface area contributed by atoms with Crippen LogP contribution in [0.5, 0.6) is 11.5 Å². The van der Waals surface area contributed by atoms with Crippen LogP contribution >= 0.6 is 0 Å². The Kier molecular flexibility index (Phi) is 5.32. The van der Waals surface area contributed by atoms with Crippen molar-refractivity contribution in [3.8, 4) is 11.5 Å². The number of nitrogens with zero attached hydrogens (tertiary/aromatic N) is 1. The van der Waals surface area contributed by atoms with Crippen molar-refractivity contribution in [1.29, 1.82) is 0 Å². The molecule has 2 heterocycles. The lowest BCUT2D eigenvalue weighted by Crippen LogP contribution is -2.33. The summed E-state index contributed by atoms with van der Waals surface area (Å²) in [6.07, 6.45) is 3.67. The summed E-state index contributed by atoms with van der Waals surface area (Å²) in [5.41, 5.74) is 2.26. The maximum absolute atomic E-state index is 12.3. The summed E-state index contributed by atoms with van der Waals surface area (Å²) in [6.45, 7) is 2.13. The molecule has 2 amide bonds. The minimum absolute atomic E-state index is 0.110. The van der Waals surface area contributed by atoms with Crippen molar-refractivity contribution >= 4 is 23.2 Å². The smallest absolute Gasteiger partial charge is 0.251 e. The van der Waals surface area contributed by atoms with E-state index in [1.54, 1.807) is 18.2 Å². The number of carbonyl (C=O) groups is 2. The quantitative estimate of drug-likeness (QED) is 0.833. The van der Waals surface area contributed by atoms with E-state index in [0.29, 0.717) is 17.1 Å². The Hall–Kier alpha value is -3.22. The number of amides is 2. The summed E-state index contributed by atoms with van der Waals surface area (Å²) >= 11 is 0. The number of ether oxygens (including phenoxy) is 2. The summed E-state index contributed by atoms with van der Waals surface area (Å²) in [7, 11) is 0. The van der Waals surface area contributed by atoms with Gasteiger partial charge < -0.3 is 25.0 Å². The van der Waals surface area contributed by atoms with E-state index in [0.717, 1.165) is 24.5 Å². The maximum atomic E-state index is 12.3. The number of anilines is 2. The number of hydrogen-bond acceptors (Lipinski definition) is 5. The molecule has 2 aromatic rings. The molecule has 0 aromatic heterocycles. The molecule has 7 heteroatoms. The number of fused-ring (bicyclic) bond motifs is 1. The fraction of sp³-hybridized carbons (Fsp3) is 0.333. The number of hydrogen-bond donors (Lipinski definition) is 2. The van der Waals surface area contributed by atoms with Crippen LogP contribution in [0.25, 0.3) is 0 Å². The molecule has 0 radical (unpaired) electrons. The average molecular weight is 381 g/mol. The highest BCUT2D eigenvalue weighted by molar-refractivity contribution is 5.99. The molecule has 28 heavy (non-hydrogen) atoms. The second-order valence-corrected chi connectivity index (χ2v) is 6.90. The minimum Gasteiger partial charge on any atom is -0.454 e. The number of piperidine rings is 1. The van der Waals surface area contributed by atoms with Gasteiger partial charge in [0, 0.05) is 30.0 Å². The van der Waals surface area contributed by atoms with Crippen molar-refractivity contribution in [1.82, 2.24) is 5.32 Å². The van der Waals surface area contributed by atoms with Crippen LogP contribution in [0.15, 0.2) is 42.5 Å². The molecule has 0 atom stereocenters. The van der Waals surface area contributed by atoms with E-state index in [2.05, 4.69) is 21.6 Å². The first-order chi connectivity index (χ1) is 13.7. The topological polar surface area (TPSA) is 79.9 Å². The number of carbonyl (C=O) groups excluding carboxylic acids is 2. The average Bonchev–Trinajstić information content (AvgIpc) is 3.21. The molecule has 2 aliphatic heterocycles. The lowest BCUT2D eigenvalue weighted by molar-refractivity contribution is -0.115. The van der Waals surface area contributed by atoms with Gasteiger partial charge in [-0.3, -0.25) is 9.59 Å². The molecular weight excluding hydrogens is 358 g/mol. The van der Waals surface area contributed by atoms with Crippen LogP contribution in [0, 0.1) is 0 Å². The largest absolute Gasteiger partial charge is 0.454 e. The standard InChI is InChI=1S/C21H23N3O4/c25-20(13-22-21(26)15-7-8-18-19(11-15)28-14-27-18)23-16-5-4-6-17(12-16)24-9-2-1-3-10-24/h4-8,11-12H,1-3,9-10,13-14H2,(H,22,26)(H,23,25). The zero-order valence-electron chi connectivity index (χ0n) is 15.6. The van der Waals surface area contributed by atoms with Crippen LogP contribution < -0.4 is 25.0 Å². The van der Waals surface area contributed by atoms with Crippen molar-refractivity contribution in [2.45, 2.75) is 19.3 Å². The molecule has 0 bridgehead atoms. The van der Waals surface area contributed by atoms with E-state index in [-0.39, 0.29) is 25.2 Å². The van der Waals surface area contributed by atoms with Crippen LogP contribution in [-0.4, -0.2) is 38.2 Å². The van der Waals surface area contributed by atoms with Gasteiger partial charge in [0.1, 0.15) is 0 Å². The van der Waals surface area contributed by atoms with Crippen LogP contribution in [0.1, 0.15) is 29.6 Å². The van der Waals surface area contributed by atoms with Gasteiger partial charge in [0.25, 0.3) is 5.91 Å². The Morgan fingerprint density at radius 2 is 1.79 bits per heavy atom. The Morgan fingerprint density at radius 3 is 2.64 bits per heavy atom. The van der Waals surface area contributed by atoms with Gasteiger partial charge in [-0.05, 0) is 55.7 Å². The van der Waals surface area contributed by atoms with Crippen LogP contribution in [0.2, 0.25) is 0 Å². The van der Waals surface area contributed by atoms with E-state index in [9.17, 15) is 9.59 Å². The Bertz CT molecular complexity index is 878. The molecule has 2 aliphatic rings. The van der Waals surface area contributed by atoms with Crippen LogP contribution in [0.4, 0.5) is 11.4 Å². The Labute approximate surface area is 163 Å². The van der Waals surface area contributed by atoms with Gasteiger partial charge in [-0.15, -0.1) is 0 Å². The summed E-state index contributed by atoms with van der Waals surface area (Å²) in [4.78, 5) is 26.8. The molecule has 0 unspecified atom stereocenters. The molecule has 0 saturated carbocycles. The second kappa shape index (κ2) is 8.21. The number of benzene rings is 2. The van der Waals surface area contributed by atoms with Crippen molar-refractivity contribution in [3.63, 3.8) is 0 Å². The molecule has 1 saturated heterocycles. The van der Waals surface area contributed by atoms with Gasteiger partial charge in [-0.25, -0.2) is 0 Å². The lowest BCUT2D eigenvalue weighted by atomic mass is 10.1. The predicted octanol–water partition coefficient (Wildman–Crippen LogP) is 2.77. The van der Waals surface area contributed by atoms with Crippen molar-refractivity contribution in [3.05, 3.63) is 48.0 Å². The van der Waals surface area contributed by atoms with Crippen LogP contribution in [-0.2, 0) is 4.79 Å². The highest BCUT2D eigenvalue weighted by atomic mass is 16.7. The van der Waals surface area contributed by atoms with Gasteiger partial charge in [-0.2, -0.15) is 0 Å². The zero-order chi connectivity index (χ0) is 19.3. The van der Waals surface area contributed by atoms with Gasteiger partial charge >= 0.3 is 0 Å². The number of nitrogens with one attached hydrogen (secondary N) is 2. The fourth-order valence-electron chi connectivity index (χ4n) is 3.44. The third-order valence-corrected chi connectivity index (χ3v) is 4.90. The highest BCUT2D eigenvalue weighted by Crippen LogP contribution is 2.32. The van der Waals surface area contributed by atoms with Gasteiger partial charge in [0.05, 0.1) is 6.54 Å². The first-order valence-corrected chi connectivity index (χ1v) is 9.52. The molecular formula is C21H23N3O4. The predicted molar refractivity (Wildman–Crippen MR) is 106 cm³/mol. The fourth-order valence-corrected chi connectivity index (χ4v) is 3.44. The van der Waals surface area contributed by atoms with Gasteiger partial charge in [-0.1, -0.05) is 6.07 Å². The summed E-state index contributed by atoms with van der Waals surface area (Å²) in [6, 6.07) is 12.8. The van der Waals surface area contributed by atoms with Gasteiger partial charge in [0.15, 0.2) is 11.5 Å². The molecule has 7 nitrogen and oxygen atoms in total. The molecule has 146 valence electrons. The molecule has 2 N–H and O–H groups in total. The SMILES string of the molecule is O=C(CNC(=O)c1ccc2c(c1)OCO2)Nc1cccc(N2CCCCC2)c1. The van der Waals surface area contributed by atoms with E-state index in [1.807, 2.05) is 18.2 Å². The van der Waals surface area contributed by atoms with E-state index in [4.69, 9.17) is 9.47 Å². The first-order valence-electron chi connectivity index (χ1n) is 9.52. The monoisotopic (exact) mass is 381 g/mol. The van der Waals surface area contributed by atoms with E-state index >= 15 is 0 Å². The van der Waals surface area contributed by atoms with Crippen molar-refractivity contribution in [2.75, 3.05) is 36.6 Å². The van der Waals surface area contributed by atoms with Crippen molar-refractivity contribution in [2.24, 2.45) is 0 Å². The Morgan fingerprint density at radius 1 is 0.964 bits per heavy atom. The normalized spacial score (nSPS) is 15.2. The third-order valence-electron chi connectivity index (χ3n) is 4.90. The lowest BCUT2D eigenvalue weighted by Gasteiger charge is -2.29. The van der Waals surface area contributed by atoms with E-state index in [1.165, 1.54) is 19.3 Å².